The van der Waals surface area contributed by atoms with Crippen LogP contribution in [-0.2, 0) is 16.0 Å². The van der Waals surface area contributed by atoms with E-state index in [0.29, 0.717) is 12.1 Å². The van der Waals surface area contributed by atoms with Crippen LogP contribution in [0.4, 0.5) is 14.5 Å². The maximum Gasteiger partial charge on any atom is 0.261 e. The van der Waals surface area contributed by atoms with Crippen molar-refractivity contribution < 1.29 is 23.2 Å². The number of carbonyl (C=O) groups is 3. The lowest BCUT2D eigenvalue weighted by Crippen LogP contribution is -2.22. The lowest BCUT2D eigenvalue weighted by atomic mass is 9.98. The van der Waals surface area contributed by atoms with Gasteiger partial charge in [-0.15, -0.1) is 0 Å². The van der Waals surface area contributed by atoms with Crippen molar-refractivity contribution in [1.29, 1.82) is 0 Å². The Kier molecular flexibility index (Phi) is 4.56. The van der Waals surface area contributed by atoms with E-state index in [0.717, 1.165) is 17.7 Å². The molecule has 2 aromatic carbocycles. The fourth-order valence-electron chi connectivity index (χ4n) is 2.69. The zero-order valence-electron chi connectivity index (χ0n) is 13.0. The number of carbonyl (C=O) groups excluding carboxylic acids is 3. The van der Waals surface area contributed by atoms with Crippen molar-refractivity contribution in [3.8, 4) is 0 Å². The van der Waals surface area contributed by atoms with E-state index in [1.54, 1.807) is 24.3 Å². The predicted molar refractivity (Wildman–Crippen MR) is 85.7 cm³/mol. The number of hydrogen-bond donors (Lipinski definition) is 2. The summed E-state index contributed by atoms with van der Waals surface area (Å²) >= 11 is 0. The van der Waals surface area contributed by atoms with E-state index in [1.807, 2.05) is 0 Å². The van der Waals surface area contributed by atoms with Crippen LogP contribution in [0, 0.1) is 17.6 Å². The molecular formula is C18H14F2N2O3. The summed E-state index contributed by atoms with van der Waals surface area (Å²) in [6, 6.07) is 9.71. The highest BCUT2D eigenvalue weighted by Crippen LogP contribution is 2.20. The third-order valence-electron chi connectivity index (χ3n) is 3.95. The Morgan fingerprint density at radius 2 is 1.72 bits per heavy atom. The number of amides is 3. The minimum atomic E-state index is -0.939. The second kappa shape index (κ2) is 6.80. The number of imide groups is 1. The van der Waals surface area contributed by atoms with Crippen molar-refractivity contribution >= 4 is 23.4 Å². The topological polar surface area (TPSA) is 75.3 Å². The molecule has 0 saturated carbocycles. The molecule has 1 fully saturated rings. The molecule has 1 saturated heterocycles. The summed E-state index contributed by atoms with van der Waals surface area (Å²) in [5.41, 5.74) is 0.529. The highest BCUT2D eigenvalue weighted by molar-refractivity contribution is 6.05. The Labute approximate surface area is 142 Å². The van der Waals surface area contributed by atoms with Crippen LogP contribution >= 0.6 is 0 Å². The van der Waals surface area contributed by atoms with Gasteiger partial charge >= 0.3 is 0 Å². The fourth-order valence-corrected chi connectivity index (χ4v) is 2.69. The van der Waals surface area contributed by atoms with Crippen LogP contribution in [0.3, 0.4) is 0 Å². The van der Waals surface area contributed by atoms with Gasteiger partial charge in [0.2, 0.25) is 11.8 Å². The third-order valence-corrected chi connectivity index (χ3v) is 3.95. The normalized spacial score (nSPS) is 16.6. The number of hydrogen-bond acceptors (Lipinski definition) is 3. The smallest absolute Gasteiger partial charge is 0.261 e. The van der Waals surface area contributed by atoms with Crippen LogP contribution in [0.15, 0.2) is 42.5 Å². The summed E-state index contributed by atoms with van der Waals surface area (Å²) in [4.78, 5) is 34.8. The third kappa shape index (κ3) is 3.71. The fraction of sp³-hybridized carbons (Fsp3) is 0.167. The lowest BCUT2D eigenvalue weighted by Gasteiger charge is -2.09. The van der Waals surface area contributed by atoms with Gasteiger partial charge in [-0.2, -0.15) is 0 Å². The molecule has 1 aliphatic rings. The summed E-state index contributed by atoms with van der Waals surface area (Å²) in [5.74, 6) is -3.75. The molecule has 3 amide bonds. The summed E-state index contributed by atoms with van der Waals surface area (Å²) in [6.45, 7) is 0. The molecule has 128 valence electrons. The van der Waals surface area contributed by atoms with Gasteiger partial charge in [0.1, 0.15) is 17.2 Å². The van der Waals surface area contributed by atoms with Crippen molar-refractivity contribution in [2.75, 3.05) is 5.32 Å². The summed E-state index contributed by atoms with van der Waals surface area (Å²) in [6.07, 6.45) is 0.553. The Bertz CT molecular complexity index is 830. The first-order valence-electron chi connectivity index (χ1n) is 7.62. The van der Waals surface area contributed by atoms with Crippen LogP contribution < -0.4 is 10.6 Å². The first-order chi connectivity index (χ1) is 11.9. The Morgan fingerprint density at radius 3 is 2.28 bits per heavy atom. The molecule has 2 N–H and O–H groups in total. The van der Waals surface area contributed by atoms with Crippen LogP contribution in [0.1, 0.15) is 22.3 Å². The highest BCUT2D eigenvalue weighted by atomic mass is 19.1. The maximum atomic E-state index is 13.6. The molecule has 1 unspecified atom stereocenters. The summed E-state index contributed by atoms with van der Waals surface area (Å²) in [5, 5.41) is 4.67. The molecule has 25 heavy (non-hydrogen) atoms. The molecule has 0 bridgehead atoms. The average molecular weight is 344 g/mol. The number of halogens is 2. The maximum absolute atomic E-state index is 13.6. The Morgan fingerprint density at radius 1 is 1.08 bits per heavy atom. The van der Waals surface area contributed by atoms with Crippen molar-refractivity contribution in [3.63, 3.8) is 0 Å². The molecule has 0 spiro atoms. The van der Waals surface area contributed by atoms with Gasteiger partial charge in [-0.05, 0) is 36.2 Å². The molecule has 0 aromatic heterocycles. The molecule has 2 aromatic rings. The van der Waals surface area contributed by atoms with Gasteiger partial charge in [0, 0.05) is 12.1 Å². The van der Waals surface area contributed by atoms with Gasteiger partial charge in [-0.1, -0.05) is 18.2 Å². The standard InChI is InChI=1S/C18H14F2N2O3/c19-13-2-1-3-14(20)16(13)18(25)21-12-6-4-10(5-7-12)8-11-9-15(23)22-17(11)24/h1-7,11H,8-9H2,(H,21,25)(H,22,23,24). The number of anilines is 1. The number of rotatable bonds is 4. The summed E-state index contributed by atoms with van der Waals surface area (Å²) in [7, 11) is 0. The number of benzene rings is 2. The molecule has 7 heteroatoms. The van der Waals surface area contributed by atoms with Crippen LogP contribution in [-0.4, -0.2) is 17.7 Å². The molecule has 1 aliphatic heterocycles. The average Bonchev–Trinajstić information content (AvgIpc) is 2.86. The van der Waals surface area contributed by atoms with Gasteiger partial charge in [0.15, 0.2) is 0 Å². The summed E-state index contributed by atoms with van der Waals surface area (Å²) < 4.78 is 27.2. The van der Waals surface area contributed by atoms with Gasteiger partial charge < -0.3 is 5.32 Å². The Balaban J connectivity index is 1.67. The highest BCUT2D eigenvalue weighted by Gasteiger charge is 2.30. The van der Waals surface area contributed by atoms with Crippen LogP contribution in [0.5, 0.6) is 0 Å². The first kappa shape index (κ1) is 16.8. The van der Waals surface area contributed by atoms with Crippen molar-refractivity contribution in [2.45, 2.75) is 12.8 Å². The lowest BCUT2D eigenvalue weighted by molar-refractivity contribution is -0.125. The van der Waals surface area contributed by atoms with Crippen molar-refractivity contribution in [2.24, 2.45) is 5.92 Å². The molecule has 0 radical (unpaired) electrons. The van der Waals surface area contributed by atoms with Gasteiger partial charge in [0.25, 0.3) is 5.91 Å². The van der Waals surface area contributed by atoms with E-state index in [9.17, 15) is 23.2 Å². The van der Waals surface area contributed by atoms with Gasteiger partial charge in [-0.25, -0.2) is 8.78 Å². The second-order valence-corrected chi connectivity index (χ2v) is 5.77. The van der Waals surface area contributed by atoms with Gasteiger partial charge in [-0.3, -0.25) is 19.7 Å². The van der Waals surface area contributed by atoms with E-state index in [4.69, 9.17) is 0 Å². The second-order valence-electron chi connectivity index (χ2n) is 5.77. The van der Waals surface area contributed by atoms with Gasteiger partial charge in [0.05, 0.1) is 5.92 Å². The van der Waals surface area contributed by atoms with E-state index < -0.39 is 29.0 Å². The minimum absolute atomic E-state index is 0.157. The van der Waals surface area contributed by atoms with Crippen molar-refractivity contribution in [3.05, 3.63) is 65.2 Å². The zero-order valence-corrected chi connectivity index (χ0v) is 13.0. The molecule has 0 aliphatic carbocycles. The van der Waals surface area contributed by atoms with E-state index in [-0.39, 0.29) is 18.2 Å². The molecule has 3 rings (SSSR count). The first-order valence-corrected chi connectivity index (χ1v) is 7.62. The minimum Gasteiger partial charge on any atom is -0.322 e. The molecule has 1 atom stereocenters. The van der Waals surface area contributed by atoms with E-state index in [2.05, 4.69) is 10.6 Å². The van der Waals surface area contributed by atoms with Crippen LogP contribution in [0.2, 0.25) is 0 Å². The van der Waals surface area contributed by atoms with Crippen molar-refractivity contribution in [1.82, 2.24) is 5.32 Å². The Hall–Kier alpha value is -3.09. The van der Waals surface area contributed by atoms with E-state index in [1.165, 1.54) is 6.07 Å². The predicted octanol–water partition coefficient (Wildman–Crippen LogP) is 2.42. The van der Waals surface area contributed by atoms with E-state index >= 15 is 0 Å². The number of nitrogens with one attached hydrogen (secondary N) is 2. The monoisotopic (exact) mass is 344 g/mol. The molecule has 5 nitrogen and oxygen atoms in total. The quantitative estimate of drug-likeness (QED) is 0.837. The molecule has 1 heterocycles. The largest absolute Gasteiger partial charge is 0.322 e. The van der Waals surface area contributed by atoms with Crippen LogP contribution in [0.25, 0.3) is 0 Å². The SMILES string of the molecule is O=C1CC(Cc2ccc(NC(=O)c3c(F)cccc3F)cc2)C(=O)N1. The molecular weight excluding hydrogens is 330 g/mol. The zero-order chi connectivity index (χ0) is 18.0.